The van der Waals surface area contributed by atoms with Crippen molar-refractivity contribution in [3.05, 3.63) is 0 Å². The minimum absolute atomic E-state index is 0.0194. The molecule has 0 heterocycles. The molecule has 0 radical (unpaired) electrons. The maximum absolute atomic E-state index is 12.1. The maximum atomic E-state index is 12.1. The van der Waals surface area contributed by atoms with Gasteiger partial charge in [-0.05, 0) is 32.7 Å². The molecule has 5 heteroatoms. The molecular formula is C16H30N2O3. The van der Waals surface area contributed by atoms with E-state index in [9.17, 15) is 14.7 Å². The number of amides is 1. The first-order valence-corrected chi connectivity index (χ1v) is 7.99. The minimum Gasteiger partial charge on any atom is -0.481 e. The second-order valence-corrected chi connectivity index (χ2v) is 6.81. The lowest BCUT2D eigenvalue weighted by atomic mass is 9.78. The number of hydrogen-bond acceptors (Lipinski definition) is 3. The van der Waals surface area contributed by atoms with Crippen LogP contribution < -0.4 is 5.32 Å². The first-order chi connectivity index (χ1) is 9.77. The molecule has 0 bridgehead atoms. The highest BCUT2D eigenvalue weighted by atomic mass is 16.4. The van der Waals surface area contributed by atoms with Crippen LogP contribution in [0.25, 0.3) is 0 Å². The molecule has 1 unspecified atom stereocenters. The van der Waals surface area contributed by atoms with Gasteiger partial charge in [0.25, 0.3) is 0 Å². The second-order valence-electron chi connectivity index (χ2n) is 6.81. The van der Waals surface area contributed by atoms with Gasteiger partial charge in [0.2, 0.25) is 5.91 Å². The quantitative estimate of drug-likeness (QED) is 0.756. The summed E-state index contributed by atoms with van der Waals surface area (Å²) in [6, 6.07) is 0.132. The molecule has 0 aromatic rings. The Hall–Kier alpha value is -1.10. The van der Waals surface area contributed by atoms with Gasteiger partial charge >= 0.3 is 5.97 Å². The fourth-order valence-electron chi connectivity index (χ4n) is 3.03. The van der Waals surface area contributed by atoms with Crippen molar-refractivity contribution >= 4 is 11.9 Å². The van der Waals surface area contributed by atoms with Crippen molar-refractivity contribution in [2.75, 3.05) is 13.6 Å². The van der Waals surface area contributed by atoms with Gasteiger partial charge in [-0.25, -0.2) is 0 Å². The van der Waals surface area contributed by atoms with Crippen LogP contribution >= 0.6 is 0 Å². The van der Waals surface area contributed by atoms with Gasteiger partial charge in [0.05, 0.1) is 13.0 Å². The number of carboxylic acids is 1. The van der Waals surface area contributed by atoms with Crippen molar-refractivity contribution in [2.45, 2.75) is 70.9 Å². The van der Waals surface area contributed by atoms with E-state index in [4.69, 9.17) is 0 Å². The van der Waals surface area contributed by atoms with Crippen LogP contribution in [0.2, 0.25) is 0 Å². The normalized spacial score (nSPS) is 19.5. The van der Waals surface area contributed by atoms with E-state index in [1.807, 2.05) is 18.9 Å². The lowest BCUT2D eigenvalue weighted by Crippen LogP contribution is -2.53. The van der Waals surface area contributed by atoms with E-state index in [0.29, 0.717) is 5.92 Å². The molecule has 2 N–H and O–H groups in total. The highest BCUT2D eigenvalue weighted by Crippen LogP contribution is 2.35. The fourth-order valence-corrected chi connectivity index (χ4v) is 3.03. The molecule has 5 nitrogen and oxygen atoms in total. The predicted molar refractivity (Wildman–Crippen MR) is 83.1 cm³/mol. The summed E-state index contributed by atoms with van der Waals surface area (Å²) < 4.78 is 0. The Balaban J connectivity index is 2.66. The molecule has 1 saturated carbocycles. The first-order valence-electron chi connectivity index (χ1n) is 7.99. The lowest BCUT2D eigenvalue weighted by molar-refractivity contribution is -0.142. The SMILES string of the molecule is CC(C)C(C)NC(=O)CN(C)C1(CC(=O)O)CCCCC1. The van der Waals surface area contributed by atoms with Crippen molar-refractivity contribution in [3.8, 4) is 0 Å². The van der Waals surface area contributed by atoms with Crippen molar-refractivity contribution in [2.24, 2.45) is 5.92 Å². The third-order valence-corrected chi connectivity index (χ3v) is 4.84. The number of aliphatic carboxylic acids is 1. The molecule has 1 aliphatic carbocycles. The average molecular weight is 298 g/mol. The van der Waals surface area contributed by atoms with Gasteiger partial charge in [-0.3, -0.25) is 14.5 Å². The average Bonchev–Trinajstić information content (AvgIpc) is 2.38. The van der Waals surface area contributed by atoms with E-state index in [-0.39, 0.29) is 30.5 Å². The van der Waals surface area contributed by atoms with Gasteiger partial charge in [0.15, 0.2) is 0 Å². The summed E-state index contributed by atoms with van der Waals surface area (Å²) in [7, 11) is 1.88. The molecule has 1 fully saturated rings. The summed E-state index contributed by atoms with van der Waals surface area (Å²) in [4.78, 5) is 25.3. The molecule has 122 valence electrons. The number of carbonyl (C=O) groups excluding carboxylic acids is 1. The highest BCUT2D eigenvalue weighted by Gasteiger charge is 2.38. The molecule has 0 spiro atoms. The monoisotopic (exact) mass is 298 g/mol. The third kappa shape index (κ3) is 5.30. The summed E-state index contributed by atoms with van der Waals surface area (Å²) >= 11 is 0. The summed E-state index contributed by atoms with van der Waals surface area (Å²) in [5.41, 5.74) is -0.359. The zero-order chi connectivity index (χ0) is 16.0. The van der Waals surface area contributed by atoms with Crippen LogP contribution in [0, 0.1) is 5.92 Å². The minimum atomic E-state index is -0.778. The van der Waals surface area contributed by atoms with Crippen molar-refractivity contribution in [3.63, 3.8) is 0 Å². The Kier molecular flexibility index (Phi) is 6.65. The van der Waals surface area contributed by atoms with E-state index in [2.05, 4.69) is 19.2 Å². The summed E-state index contributed by atoms with van der Waals surface area (Å²) in [6.45, 7) is 6.41. The van der Waals surface area contributed by atoms with Gasteiger partial charge in [0.1, 0.15) is 0 Å². The number of carboxylic acid groups (broad SMARTS) is 1. The Labute approximate surface area is 128 Å². The molecule has 0 saturated heterocycles. The number of likely N-dealkylation sites (N-methyl/N-ethyl adjacent to an activating group) is 1. The maximum Gasteiger partial charge on any atom is 0.305 e. The molecule has 0 aromatic carbocycles. The first kappa shape index (κ1) is 18.0. The largest absolute Gasteiger partial charge is 0.481 e. The molecular weight excluding hydrogens is 268 g/mol. The van der Waals surface area contributed by atoms with Gasteiger partial charge in [-0.1, -0.05) is 33.1 Å². The van der Waals surface area contributed by atoms with E-state index in [1.165, 1.54) is 0 Å². The zero-order valence-corrected chi connectivity index (χ0v) is 13.8. The smallest absolute Gasteiger partial charge is 0.305 e. The third-order valence-electron chi connectivity index (χ3n) is 4.84. The van der Waals surface area contributed by atoms with E-state index in [1.54, 1.807) is 0 Å². The summed E-state index contributed by atoms with van der Waals surface area (Å²) in [5, 5.41) is 12.2. The Morgan fingerprint density at radius 1 is 1.19 bits per heavy atom. The molecule has 1 aliphatic rings. The Morgan fingerprint density at radius 2 is 1.76 bits per heavy atom. The van der Waals surface area contributed by atoms with E-state index >= 15 is 0 Å². The number of nitrogens with one attached hydrogen (secondary N) is 1. The number of carbonyl (C=O) groups is 2. The van der Waals surface area contributed by atoms with Crippen molar-refractivity contribution in [1.82, 2.24) is 10.2 Å². The van der Waals surface area contributed by atoms with Gasteiger partial charge in [-0.15, -0.1) is 0 Å². The van der Waals surface area contributed by atoms with Crippen LogP contribution in [0.3, 0.4) is 0 Å². The zero-order valence-electron chi connectivity index (χ0n) is 13.8. The van der Waals surface area contributed by atoms with Crippen LogP contribution in [-0.2, 0) is 9.59 Å². The molecule has 21 heavy (non-hydrogen) atoms. The standard InChI is InChI=1S/C16H30N2O3/c1-12(2)13(3)17-14(19)11-18(4)16(10-15(20)21)8-6-5-7-9-16/h12-13H,5-11H2,1-4H3,(H,17,19)(H,20,21). The second kappa shape index (κ2) is 7.78. The predicted octanol–water partition coefficient (Wildman–Crippen LogP) is 2.26. The van der Waals surface area contributed by atoms with Crippen molar-refractivity contribution < 1.29 is 14.7 Å². The number of hydrogen-bond donors (Lipinski definition) is 2. The fraction of sp³-hybridized carbons (Fsp3) is 0.875. The van der Waals surface area contributed by atoms with Crippen LogP contribution in [0.1, 0.15) is 59.3 Å². The summed E-state index contributed by atoms with van der Waals surface area (Å²) in [5.74, 6) is -0.407. The molecule has 1 amide bonds. The topological polar surface area (TPSA) is 69.6 Å². The van der Waals surface area contributed by atoms with Gasteiger partial charge in [0, 0.05) is 11.6 Å². The Bertz CT molecular complexity index is 363. The van der Waals surface area contributed by atoms with Crippen LogP contribution in [0.4, 0.5) is 0 Å². The summed E-state index contributed by atoms with van der Waals surface area (Å²) in [6.07, 6.45) is 5.09. The molecule has 1 rings (SSSR count). The molecule has 0 aromatic heterocycles. The van der Waals surface area contributed by atoms with Gasteiger partial charge < -0.3 is 10.4 Å². The molecule has 1 atom stereocenters. The van der Waals surface area contributed by atoms with Crippen LogP contribution in [0.15, 0.2) is 0 Å². The Morgan fingerprint density at radius 3 is 2.24 bits per heavy atom. The van der Waals surface area contributed by atoms with E-state index in [0.717, 1.165) is 32.1 Å². The van der Waals surface area contributed by atoms with Crippen molar-refractivity contribution in [1.29, 1.82) is 0 Å². The van der Waals surface area contributed by atoms with Crippen LogP contribution in [-0.4, -0.2) is 47.1 Å². The molecule has 0 aliphatic heterocycles. The lowest BCUT2D eigenvalue weighted by Gasteiger charge is -2.43. The van der Waals surface area contributed by atoms with Gasteiger partial charge in [-0.2, -0.15) is 0 Å². The highest BCUT2D eigenvalue weighted by molar-refractivity contribution is 5.78. The number of nitrogens with zero attached hydrogens (tertiary/aromatic N) is 1. The number of rotatable bonds is 7. The van der Waals surface area contributed by atoms with Crippen LogP contribution in [0.5, 0.6) is 0 Å². The van der Waals surface area contributed by atoms with E-state index < -0.39 is 5.97 Å².